The van der Waals surface area contributed by atoms with Crippen LogP contribution in [0, 0.1) is 23.5 Å². The minimum Gasteiger partial charge on any atom is -0.324 e. The molecule has 0 radical (unpaired) electrons. The Balaban J connectivity index is 2.03. The zero-order valence-electron chi connectivity index (χ0n) is 10.8. The highest BCUT2D eigenvalue weighted by Gasteiger charge is 2.26. The fourth-order valence-corrected chi connectivity index (χ4v) is 2.95. The molecule has 0 saturated heterocycles. The standard InChI is InChI=1S/C15H21F2N/c1-2-10-3-5-11(6-4-10)15(18)12-7-8-13(16)14(17)9-12/h7-11,15H,2-6,18H2,1H3. The van der Waals surface area contributed by atoms with E-state index in [0.29, 0.717) is 11.5 Å². The van der Waals surface area contributed by atoms with E-state index >= 15 is 0 Å². The topological polar surface area (TPSA) is 26.0 Å². The highest BCUT2D eigenvalue weighted by Crippen LogP contribution is 2.36. The Labute approximate surface area is 107 Å². The molecular weight excluding hydrogens is 232 g/mol. The Hall–Kier alpha value is -0.960. The van der Waals surface area contributed by atoms with Crippen LogP contribution in [-0.2, 0) is 0 Å². The second kappa shape index (κ2) is 5.79. The Morgan fingerprint density at radius 2 is 1.83 bits per heavy atom. The van der Waals surface area contributed by atoms with Crippen LogP contribution in [0.1, 0.15) is 50.6 Å². The maximum Gasteiger partial charge on any atom is 0.159 e. The molecule has 0 bridgehead atoms. The molecule has 3 heteroatoms. The number of halogens is 2. The molecule has 2 rings (SSSR count). The van der Waals surface area contributed by atoms with Gasteiger partial charge in [0.1, 0.15) is 0 Å². The summed E-state index contributed by atoms with van der Waals surface area (Å²) in [6.45, 7) is 2.22. The van der Waals surface area contributed by atoms with Gasteiger partial charge in [-0.05, 0) is 42.4 Å². The van der Waals surface area contributed by atoms with Crippen LogP contribution in [0.5, 0.6) is 0 Å². The van der Waals surface area contributed by atoms with E-state index in [1.54, 1.807) is 6.07 Å². The first-order valence-corrected chi connectivity index (χ1v) is 6.82. The molecule has 1 aromatic rings. The zero-order valence-corrected chi connectivity index (χ0v) is 10.8. The van der Waals surface area contributed by atoms with Crippen molar-refractivity contribution >= 4 is 0 Å². The summed E-state index contributed by atoms with van der Waals surface area (Å²) in [4.78, 5) is 0. The van der Waals surface area contributed by atoms with E-state index < -0.39 is 11.6 Å². The average Bonchev–Trinajstić information content (AvgIpc) is 2.41. The van der Waals surface area contributed by atoms with Gasteiger partial charge in [-0.2, -0.15) is 0 Å². The molecule has 1 nitrogen and oxygen atoms in total. The van der Waals surface area contributed by atoms with Crippen LogP contribution in [0.4, 0.5) is 8.78 Å². The molecular formula is C15H21F2N. The van der Waals surface area contributed by atoms with Gasteiger partial charge < -0.3 is 5.73 Å². The average molecular weight is 253 g/mol. The van der Waals surface area contributed by atoms with Crippen molar-refractivity contribution in [2.45, 2.75) is 45.1 Å². The Morgan fingerprint density at radius 1 is 1.17 bits per heavy atom. The van der Waals surface area contributed by atoms with Crippen LogP contribution in [0.25, 0.3) is 0 Å². The van der Waals surface area contributed by atoms with Crippen LogP contribution in [0.2, 0.25) is 0 Å². The van der Waals surface area contributed by atoms with Crippen molar-refractivity contribution in [3.8, 4) is 0 Å². The number of hydrogen-bond donors (Lipinski definition) is 1. The van der Waals surface area contributed by atoms with Gasteiger partial charge in [0.2, 0.25) is 0 Å². The van der Waals surface area contributed by atoms with E-state index in [1.165, 1.54) is 31.4 Å². The lowest BCUT2D eigenvalue weighted by atomic mass is 9.76. The van der Waals surface area contributed by atoms with E-state index in [1.807, 2.05) is 0 Å². The molecule has 1 aliphatic rings. The predicted molar refractivity (Wildman–Crippen MR) is 69.0 cm³/mol. The molecule has 1 atom stereocenters. The molecule has 0 heterocycles. The Kier molecular flexibility index (Phi) is 4.33. The fourth-order valence-electron chi connectivity index (χ4n) is 2.95. The summed E-state index contributed by atoms with van der Waals surface area (Å²) in [7, 11) is 0. The highest BCUT2D eigenvalue weighted by atomic mass is 19.2. The van der Waals surface area contributed by atoms with Crippen molar-refractivity contribution in [2.75, 3.05) is 0 Å². The first kappa shape index (κ1) is 13.5. The summed E-state index contributed by atoms with van der Waals surface area (Å²) in [5, 5.41) is 0. The SMILES string of the molecule is CCC1CCC(C(N)c2ccc(F)c(F)c2)CC1. The summed E-state index contributed by atoms with van der Waals surface area (Å²) in [6, 6.07) is 3.85. The van der Waals surface area contributed by atoms with Gasteiger partial charge in [-0.3, -0.25) is 0 Å². The summed E-state index contributed by atoms with van der Waals surface area (Å²) in [5.74, 6) is -0.387. The first-order chi connectivity index (χ1) is 8.61. The van der Waals surface area contributed by atoms with Gasteiger partial charge in [0.05, 0.1) is 0 Å². The number of benzene rings is 1. The molecule has 18 heavy (non-hydrogen) atoms. The summed E-state index contributed by atoms with van der Waals surface area (Å²) >= 11 is 0. The molecule has 1 aliphatic carbocycles. The lowest BCUT2D eigenvalue weighted by Gasteiger charge is -2.32. The van der Waals surface area contributed by atoms with E-state index in [9.17, 15) is 8.78 Å². The van der Waals surface area contributed by atoms with Gasteiger partial charge in [-0.1, -0.05) is 32.3 Å². The minimum atomic E-state index is -0.805. The van der Waals surface area contributed by atoms with Crippen LogP contribution in [0.3, 0.4) is 0 Å². The van der Waals surface area contributed by atoms with Crippen molar-refractivity contribution in [3.05, 3.63) is 35.4 Å². The lowest BCUT2D eigenvalue weighted by molar-refractivity contribution is 0.239. The molecule has 1 saturated carbocycles. The lowest BCUT2D eigenvalue weighted by Crippen LogP contribution is -2.26. The van der Waals surface area contributed by atoms with Gasteiger partial charge in [-0.25, -0.2) is 8.78 Å². The van der Waals surface area contributed by atoms with Crippen molar-refractivity contribution < 1.29 is 8.78 Å². The third-order valence-corrected chi connectivity index (χ3v) is 4.31. The van der Waals surface area contributed by atoms with E-state index in [-0.39, 0.29) is 6.04 Å². The summed E-state index contributed by atoms with van der Waals surface area (Å²) in [5.41, 5.74) is 6.90. The molecule has 2 N–H and O–H groups in total. The molecule has 1 fully saturated rings. The van der Waals surface area contributed by atoms with E-state index in [0.717, 1.165) is 18.8 Å². The smallest absolute Gasteiger partial charge is 0.159 e. The minimum absolute atomic E-state index is 0.169. The molecule has 100 valence electrons. The summed E-state index contributed by atoms with van der Waals surface area (Å²) in [6.07, 6.45) is 5.83. The van der Waals surface area contributed by atoms with Crippen LogP contribution < -0.4 is 5.73 Å². The normalized spacial score (nSPS) is 26.0. The molecule has 1 unspecified atom stereocenters. The Bertz CT molecular complexity index is 397. The predicted octanol–water partition coefficient (Wildman–Crippen LogP) is 4.18. The van der Waals surface area contributed by atoms with Crippen LogP contribution in [0.15, 0.2) is 18.2 Å². The first-order valence-electron chi connectivity index (χ1n) is 6.82. The molecule has 0 spiro atoms. The third-order valence-electron chi connectivity index (χ3n) is 4.31. The maximum atomic E-state index is 13.2. The second-order valence-electron chi connectivity index (χ2n) is 5.39. The van der Waals surface area contributed by atoms with Gasteiger partial charge >= 0.3 is 0 Å². The van der Waals surface area contributed by atoms with Crippen LogP contribution >= 0.6 is 0 Å². The van der Waals surface area contributed by atoms with Crippen molar-refractivity contribution in [1.29, 1.82) is 0 Å². The van der Waals surface area contributed by atoms with Crippen molar-refractivity contribution in [1.82, 2.24) is 0 Å². The van der Waals surface area contributed by atoms with Gasteiger partial charge in [0.25, 0.3) is 0 Å². The van der Waals surface area contributed by atoms with Crippen LogP contribution in [-0.4, -0.2) is 0 Å². The van der Waals surface area contributed by atoms with E-state index in [4.69, 9.17) is 5.73 Å². The zero-order chi connectivity index (χ0) is 13.1. The quantitative estimate of drug-likeness (QED) is 0.859. The number of hydrogen-bond acceptors (Lipinski definition) is 1. The largest absolute Gasteiger partial charge is 0.324 e. The highest BCUT2D eigenvalue weighted by molar-refractivity contribution is 5.21. The Morgan fingerprint density at radius 3 is 2.39 bits per heavy atom. The summed E-state index contributed by atoms with van der Waals surface area (Å²) < 4.78 is 26.1. The second-order valence-corrected chi connectivity index (χ2v) is 5.39. The van der Waals surface area contributed by atoms with E-state index in [2.05, 4.69) is 6.92 Å². The molecule has 1 aromatic carbocycles. The van der Waals surface area contributed by atoms with Crippen molar-refractivity contribution in [2.24, 2.45) is 17.6 Å². The third kappa shape index (κ3) is 2.89. The monoisotopic (exact) mass is 253 g/mol. The van der Waals surface area contributed by atoms with Gasteiger partial charge in [0.15, 0.2) is 11.6 Å². The molecule has 0 aliphatic heterocycles. The number of nitrogens with two attached hydrogens (primary N) is 1. The number of rotatable bonds is 3. The maximum absolute atomic E-state index is 13.2. The van der Waals surface area contributed by atoms with Crippen molar-refractivity contribution in [3.63, 3.8) is 0 Å². The molecule has 0 amide bonds. The fraction of sp³-hybridized carbons (Fsp3) is 0.600. The van der Waals surface area contributed by atoms with Gasteiger partial charge in [-0.15, -0.1) is 0 Å². The molecule has 0 aromatic heterocycles. The van der Waals surface area contributed by atoms with Gasteiger partial charge in [0, 0.05) is 6.04 Å².